The molecule has 1 atom stereocenters. The van der Waals surface area contributed by atoms with Crippen molar-refractivity contribution in [2.75, 3.05) is 25.1 Å². The molecule has 0 N–H and O–H groups in total. The zero-order valence-corrected chi connectivity index (χ0v) is 12.5. The van der Waals surface area contributed by atoms with Crippen LogP contribution in [0, 0.1) is 0 Å². The molecule has 0 bridgehead atoms. The lowest BCUT2D eigenvalue weighted by molar-refractivity contribution is 0.00528. The summed E-state index contributed by atoms with van der Waals surface area (Å²) in [6.07, 6.45) is 0. The minimum Gasteiger partial charge on any atom is -0.377 e. The molecule has 1 unspecified atom stereocenters. The van der Waals surface area contributed by atoms with Crippen molar-refractivity contribution < 1.29 is 9.53 Å². The summed E-state index contributed by atoms with van der Waals surface area (Å²) in [5, 5.41) is 2.64. The summed E-state index contributed by atoms with van der Waals surface area (Å²) < 4.78 is 6.35. The highest BCUT2D eigenvalue weighted by atomic mass is 79.9. The summed E-state index contributed by atoms with van der Waals surface area (Å²) in [6, 6.07) is 2.01. The molecule has 3 nitrogen and oxygen atoms in total. The number of amides is 1. The van der Waals surface area contributed by atoms with Crippen LogP contribution in [0.2, 0.25) is 0 Å². The minimum atomic E-state index is 0.0923. The topological polar surface area (TPSA) is 29.5 Å². The van der Waals surface area contributed by atoms with Crippen molar-refractivity contribution in [1.29, 1.82) is 0 Å². The maximum Gasteiger partial charge on any atom is 0.255 e. The molecule has 1 aromatic rings. The van der Waals surface area contributed by atoms with Crippen LogP contribution < -0.4 is 0 Å². The highest BCUT2D eigenvalue weighted by Gasteiger charge is 2.27. The van der Waals surface area contributed by atoms with E-state index in [4.69, 9.17) is 4.74 Å². The predicted molar refractivity (Wildman–Crippen MR) is 71.5 cm³/mol. The second-order valence-corrected chi connectivity index (χ2v) is 6.46. The number of carbonyl (C=O) groups excluding carboxylic acids is 1. The molecule has 0 spiro atoms. The van der Waals surface area contributed by atoms with Crippen LogP contribution in [0.3, 0.4) is 0 Å². The summed E-state index contributed by atoms with van der Waals surface area (Å²) in [5.74, 6) is 0.0923. The van der Waals surface area contributed by atoms with Crippen molar-refractivity contribution in [3.8, 4) is 0 Å². The molecule has 2 heterocycles. The van der Waals surface area contributed by atoms with Gasteiger partial charge in [-0.25, -0.2) is 0 Å². The van der Waals surface area contributed by atoms with Crippen molar-refractivity contribution >= 4 is 49.1 Å². The molecule has 16 heavy (non-hydrogen) atoms. The van der Waals surface area contributed by atoms with Crippen molar-refractivity contribution in [3.05, 3.63) is 20.8 Å². The molecule has 0 aromatic carbocycles. The van der Waals surface area contributed by atoms with Gasteiger partial charge in [0.15, 0.2) is 0 Å². The maximum absolute atomic E-state index is 12.2. The van der Waals surface area contributed by atoms with Crippen molar-refractivity contribution in [3.63, 3.8) is 0 Å². The Labute approximate surface area is 115 Å². The van der Waals surface area contributed by atoms with Gasteiger partial charge in [-0.15, -0.1) is 11.3 Å². The Hall–Kier alpha value is 0.0900. The molecule has 1 aromatic heterocycles. The summed E-state index contributed by atoms with van der Waals surface area (Å²) in [6.45, 7) is 1.91. The van der Waals surface area contributed by atoms with Crippen LogP contribution in [0.4, 0.5) is 0 Å². The largest absolute Gasteiger partial charge is 0.377 e. The van der Waals surface area contributed by atoms with E-state index in [1.54, 1.807) is 0 Å². The molecular formula is C10H11Br2NO2S. The maximum atomic E-state index is 12.2. The Morgan fingerprint density at radius 1 is 1.69 bits per heavy atom. The molecule has 1 aliphatic rings. The van der Waals surface area contributed by atoms with Crippen LogP contribution in [-0.4, -0.2) is 41.9 Å². The molecule has 0 radical (unpaired) electrons. The van der Waals surface area contributed by atoms with E-state index in [0.29, 0.717) is 19.8 Å². The van der Waals surface area contributed by atoms with Gasteiger partial charge in [-0.2, -0.15) is 0 Å². The fraction of sp³-hybridized carbons (Fsp3) is 0.500. The van der Waals surface area contributed by atoms with Gasteiger partial charge in [-0.05, 0) is 22.0 Å². The monoisotopic (exact) mass is 367 g/mol. The summed E-state index contributed by atoms with van der Waals surface area (Å²) in [7, 11) is 0. The molecule has 1 amide bonds. The van der Waals surface area contributed by atoms with E-state index < -0.39 is 0 Å². The van der Waals surface area contributed by atoms with E-state index in [9.17, 15) is 4.79 Å². The Kier molecular flexibility index (Phi) is 4.41. The first-order valence-electron chi connectivity index (χ1n) is 4.91. The number of hydrogen-bond donors (Lipinski definition) is 0. The molecule has 1 fully saturated rings. The van der Waals surface area contributed by atoms with Gasteiger partial charge in [0.05, 0.1) is 28.6 Å². The third-order valence-electron chi connectivity index (χ3n) is 2.48. The zero-order chi connectivity index (χ0) is 11.5. The van der Waals surface area contributed by atoms with Gasteiger partial charge >= 0.3 is 0 Å². The molecule has 0 aliphatic carbocycles. The molecule has 1 saturated heterocycles. The molecule has 0 saturated carbocycles. The fourth-order valence-corrected chi connectivity index (χ4v) is 3.30. The van der Waals surface area contributed by atoms with E-state index in [-0.39, 0.29) is 11.9 Å². The number of carbonyl (C=O) groups is 1. The van der Waals surface area contributed by atoms with Gasteiger partial charge in [0.2, 0.25) is 0 Å². The number of hydrogen-bond acceptors (Lipinski definition) is 3. The number of nitrogens with zero attached hydrogens (tertiary/aromatic N) is 1. The third-order valence-corrected chi connectivity index (χ3v) is 4.73. The first-order chi connectivity index (χ1) is 7.72. The third kappa shape index (κ3) is 2.67. The Morgan fingerprint density at radius 2 is 2.50 bits per heavy atom. The summed E-state index contributed by atoms with van der Waals surface area (Å²) in [4.78, 5) is 14.1. The summed E-state index contributed by atoms with van der Waals surface area (Å²) >= 11 is 8.32. The van der Waals surface area contributed by atoms with E-state index in [1.165, 1.54) is 11.3 Å². The number of ether oxygens (including phenoxy) is 1. The molecular weight excluding hydrogens is 358 g/mol. The van der Waals surface area contributed by atoms with Gasteiger partial charge in [-0.3, -0.25) is 4.79 Å². The van der Waals surface area contributed by atoms with Gasteiger partial charge in [0, 0.05) is 17.3 Å². The van der Waals surface area contributed by atoms with Crippen LogP contribution in [0.1, 0.15) is 10.4 Å². The second-order valence-electron chi connectivity index (χ2n) is 3.52. The number of thiophene rings is 1. The van der Waals surface area contributed by atoms with Crippen LogP contribution in [-0.2, 0) is 4.74 Å². The zero-order valence-electron chi connectivity index (χ0n) is 8.49. The summed E-state index contributed by atoms with van der Waals surface area (Å²) in [5.41, 5.74) is 0.754. The molecule has 88 valence electrons. The van der Waals surface area contributed by atoms with Crippen LogP contribution in [0.5, 0.6) is 0 Å². The molecule has 2 rings (SSSR count). The van der Waals surface area contributed by atoms with Crippen LogP contribution >= 0.6 is 43.2 Å². The lowest BCUT2D eigenvalue weighted by atomic mass is 10.2. The second kappa shape index (κ2) is 5.62. The first kappa shape index (κ1) is 12.5. The number of morpholine rings is 1. The standard InChI is InChI=1S/C10H11Br2NO2S/c11-4-8-5-15-2-1-13(8)10(14)7-3-9(12)16-6-7/h3,6,8H,1-2,4-5H2. The van der Waals surface area contributed by atoms with Crippen LogP contribution in [0.15, 0.2) is 15.2 Å². The molecule has 6 heteroatoms. The number of halogens is 2. The van der Waals surface area contributed by atoms with E-state index in [0.717, 1.165) is 14.7 Å². The highest BCUT2D eigenvalue weighted by molar-refractivity contribution is 9.11. The Morgan fingerprint density at radius 3 is 3.12 bits per heavy atom. The van der Waals surface area contributed by atoms with Gasteiger partial charge in [0.1, 0.15) is 0 Å². The smallest absolute Gasteiger partial charge is 0.255 e. The highest BCUT2D eigenvalue weighted by Crippen LogP contribution is 2.23. The normalized spacial score (nSPS) is 21.1. The number of alkyl halides is 1. The quantitative estimate of drug-likeness (QED) is 0.751. The van der Waals surface area contributed by atoms with E-state index >= 15 is 0 Å². The van der Waals surface area contributed by atoms with Gasteiger partial charge in [-0.1, -0.05) is 15.9 Å². The van der Waals surface area contributed by atoms with Gasteiger partial charge < -0.3 is 9.64 Å². The van der Waals surface area contributed by atoms with Crippen molar-refractivity contribution in [2.45, 2.75) is 6.04 Å². The fourth-order valence-electron chi connectivity index (χ4n) is 1.64. The van der Waals surface area contributed by atoms with Crippen LogP contribution in [0.25, 0.3) is 0 Å². The SMILES string of the molecule is O=C(c1csc(Br)c1)N1CCOCC1CBr. The lowest BCUT2D eigenvalue weighted by Crippen LogP contribution is -2.49. The number of rotatable bonds is 2. The minimum absolute atomic E-state index is 0.0923. The van der Waals surface area contributed by atoms with Gasteiger partial charge in [0.25, 0.3) is 5.91 Å². The average Bonchev–Trinajstić information content (AvgIpc) is 2.75. The Balaban J connectivity index is 2.13. The first-order valence-corrected chi connectivity index (χ1v) is 7.70. The van der Waals surface area contributed by atoms with E-state index in [1.807, 2.05) is 16.3 Å². The predicted octanol–water partition coefficient (Wildman–Crippen LogP) is 2.75. The van der Waals surface area contributed by atoms with Crippen molar-refractivity contribution in [2.24, 2.45) is 0 Å². The Bertz CT molecular complexity index is 383. The molecule has 1 aliphatic heterocycles. The lowest BCUT2D eigenvalue weighted by Gasteiger charge is -2.34. The van der Waals surface area contributed by atoms with E-state index in [2.05, 4.69) is 31.9 Å². The average molecular weight is 369 g/mol. The van der Waals surface area contributed by atoms with Crippen molar-refractivity contribution in [1.82, 2.24) is 4.90 Å².